The minimum Gasteiger partial charge on any atom is -0.341 e. The first-order valence-corrected chi connectivity index (χ1v) is 9.28. The number of amides is 1. The maximum Gasteiger partial charge on any atom is 0.219 e. The van der Waals surface area contributed by atoms with Gasteiger partial charge in [-0.2, -0.15) is 0 Å². The number of nitrogens with zero attached hydrogens (tertiary/aromatic N) is 5. The number of aromatic nitrogens is 3. The van der Waals surface area contributed by atoms with Gasteiger partial charge in [-0.1, -0.05) is 12.1 Å². The third kappa shape index (κ3) is 3.35. The summed E-state index contributed by atoms with van der Waals surface area (Å²) in [5, 5.41) is 8.91. The van der Waals surface area contributed by atoms with Crippen molar-refractivity contribution in [3.8, 4) is 0 Å². The third-order valence-electron chi connectivity index (χ3n) is 5.46. The molecule has 0 saturated carbocycles. The van der Waals surface area contributed by atoms with E-state index >= 15 is 0 Å². The van der Waals surface area contributed by atoms with Crippen molar-refractivity contribution in [1.29, 1.82) is 0 Å². The van der Waals surface area contributed by atoms with Crippen LogP contribution < -0.4 is 0 Å². The van der Waals surface area contributed by atoms with Crippen LogP contribution in [0.5, 0.6) is 0 Å². The van der Waals surface area contributed by atoms with Crippen LogP contribution in [0, 0.1) is 5.82 Å². The van der Waals surface area contributed by atoms with E-state index in [1.807, 2.05) is 17.0 Å². The Kier molecular flexibility index (Phi) is 4.72. The Morgan fingerprint density at radius 1 is 1.15 bits per heavy atom. The van der Waals surface area contributed by atoms with Gasteiger partial charge in [0.25, 0.3) is 0 Å². The van der Waals surface area contributed by atoms with Crippen LogP contribution in [0.25, 0.3) is 0 Å². The highest BCUT2D eigenvalue weighted by Crippen LogP contribution is 2.33. The molecule has 1 fully saturated rings. The second-order valence-corrected chi connectivity index (χ2v) is 7.14. The van der Waals surface area contributed by atoms with Crippen LogP contribution in [-0.2, 0) is 24.3 Å². The van der Waals surface area contributed by atoms with Crippen molar-refractivity contribution in [3.05, 3.63) is 47.3 Å². The van der Waals surface area contributed by atoms with Gasteiger partial charge in [-0.15, -0.1) is 10.2 Å². The molecular formula is C19H24FN5O. The molecule has 0 N–H and O–H groups in total. The molecule has 2 aromatic rings. The zero-order valence-corrected chi connectivity index (χ0v) is 15.1. The molecule has 1 aromatic carbocycles. The van der Waals surface area contributed by atoms with Crippen LogP contribution in [0.4, 0.5) is 4.39 Å². The number of benzene rings is 1. The van der Waals surface area contributed by atoms with E-state index < -0.39 is 0 Å². The Hall–Kier alpha value is -2.28. The lowest BCUT2D eigenvalue weighted by Gasteiger charge is -2.24. The first-order valence-electron chi connectivity index (χ1n) is 9.28. The monoisotopic (exact) mass is 357 g/mol. The van der Waals surface area contributed by atoms with Crippen molar-refractivity contribution >= 4 is 5.91 Å². The number of carbonyl (C=O) groups is 1. The molecule has 0 bridgehead atoms. The Bertz CT molecular complexity index is 788. The summed E-state index contributed by atoms with van der Waals surface area (Å²) in [4.78, 5) is 16.0. The lowest BCUT2D eigenvalue weighted by atomic mass is 10.1. The van der Waals surface area contributed by atoms with Gasteiger partial charge in [-0.3, -0.25) is 9.69 Å². The molecule has 2 aliphatic heterocycles. The van der Waals surface area contributed by atoms with Crippen LogP contribution in [0.3, 0.4) is 0 Å². The first kappa shape index (κ1) is 17.1. The first-order chi connectivity index (χ1) is 12.6. The fourth-order valence-corrected chi connectivity index (χ4v) is 4.04. The number of rotatable bonds is 3. The summed E-state index contributed by atoms with van der Waals surface area (Å²) < 4.78 is 15.4. The number of hydrogen-bond acceptors (Lipinski definition) is 4. The fourth-order valence-electron chi connectivity index (χ4n) is 4.04. The molecule has 1 saturated heterocycles. The average molecular weight is 357 g/mol. The zero-order valence-electron chi connectivity index (χ0n) is 15.1. The van der Waals surface area contributed by atoms with Crippen LogP contribution >= 0.6 is 0 Å². The highest BCUT2D eigenvalue weighted by Gasteiger charge is 2.32. The van der Waals surface area contributed by atoms with Gasteiger partial charge in [0.2, 0.25) is 5.91 Å². The fraction of sp³-hybridized carbons (Fsp3) is 0.526. The topological polar surface area (TPSA) is 54.3 Å². The Labute approximate surface area is 152 Å². The predicted molar refractivity (Wildman–Crippen MR) is 94.8 cm³/mol. The Morgan fingerprint density at radius 3 is 2.73 bits per heavy atom. The van der Waals surface area contributed by atoms with E-state index in [1.54, 1.807) is 6.92 Å². The van der Waals surface area contributed by atoms with E-state index in [9.17, 15) is 9.18 Å². The number of halogens is 1. The van der Waals surface area contributed by atoms with E-state index in [4.69, 9.17) is 0 Å². The maximum absolute atomic E-state index is 13.2. The highest BCUT2D eigenvalue weighted by molar-refractivity contribution is 5.73. The standard InChI is InChI=1S/C19H24FN5O/c1-14(26)23-10-8-18-21-22-19(25(18)12-11-23)17-3-2-9-24(17)13-15-4-6-16(20)7-5-15/h4-7,17H,2-3,8-13H2,1H3/t17-/m1/s1. The van der Waals surface area contributed by atoms with Gasteiger partial charge in [0, 0.05) is 39.5 Å². The van der Waals surface area contributed by atoms with E-state index in [1.165, 1.54) is 12.1 Å². The molecule has 0 spiro atoms. The molecule has 3 heterocycles. The second kappa shape index (κ2) is 7.15. The van der Waals surface area contributed by atoms with Gasteiger partial charge < -0.3 is 9.47 Å². The van der Waals surface area contributed by atoms with Crippen molar-refractivity contribution in [2.45, 2.75) is 45.3 Å². The molecular weight excluding hydrogens is 333 g/mol. The van der Waals surface area contributed by atoms with Crippen LogP contribution in [0.1, 0.15) is 43.0 Å². The lowest BCUT2D eigenvalue weighted by molar-refractivity contribution is -0.128. The summed E-state index contributed by atoms with van der Waals surface area (Å²) in [5.41, 5.74) is 1.11. The highest BCUT2D eigenvalue weighted by atomic mass is 19.1. The quantitative estimate of drug-likeness (QED) is 0.845. The van der Waals surface area contributed by atoms with Gasteiger partial charge in [-0.25, -0.2) is 4.39 Å². The molecule has 4 rings (SSSR count). The van der Waals surface area contributed by atoms with Crippen LogP contribution in [0.2, 0.25) is 0 Å². The number of hydrogen-bond donors (Lipinski definition) is 0. The minimum absolute atomic E-state index is 0.115. The van der Waals surface area contributed by atoms with Crippen molar-refractivity contribution < 1.29 is 9.18 Å². The molecule has 0 radical (unpaired) electrons. The van der Waals surface area contributed by atoms with Gasteiger partial charge in [0.15, 0.2) is 0 Å². The summed E-state index contributed by atoms with van der Waals surface area (Å²) >= 11 is 0. The molecule has 138 valence electrons. The molecule has 0 unspecified atom stereocenters. The Balaban J connectivity index is 1.53. The van der Waals surface area contributed by atoms with Crippen LogP contribution in [0.15, 0.2) is 24.3 Å². The zero-order chi connectivity index (χ0) is 18.1. The molecule has 0 aliphatic carbocycles. The summed E-state index contributed by atoms with van der Waals surface area (Å²) in [6.45, 7) is 5.57. The summed E-state index contributed by atoms with van der Waals surface area (Å²) in [6, 6.07) is 6.95. The van der Waals surface area contributed by atoms with Gasteiger partial charge in [0.05, 0.1) is 6.04 Å². The van der Waals surface area contributed by atoms with E-state index in [0.717, 1.165) is 56.1 Å². The SMILES string of the molecule is CC(=O)N1CCc2nnc([C@H]3CCCN3Cc3ccc(F)cc3)n2CC1. The van der Waals surface area contributed by atoms with Crippen LogP contribution in [-0.4, -0.2) is 50.1 Å². The molecule has 7 heteroatoms. The van der Waals surface area contributed by atoms with Crippen molar-refractivity contribution in [1.82, 2.24) is 24.6 Å². The van der Waals surface area contributed by atoms with Gasteiger partial charge in [-0.05, 0) is 37.1 Å². The smallest absolute Gasteiger partial charge is 0.219 e. The molecule has 2 aliphatic rings. The summed E-state index contributed by atoms with van der Waals surface area (Å²) in [7, 11) is 0. The summed E-state index contributed by atoms with van der Waals surface area (Å²) in [6.07, 6.45) is 2.92. The normalized spacial score (nSPS) is 20.8. The Morgan fingerprint density at radius 2 is 1.96 bits per heavy atom. The van der Waals surface area contributed by atoms with E-state index in [2.05, 4.69) is 19.7 Å². The number of fused-ring (bicyclic) bond motifs is 1. The number of likely N-dealkylation sites (tertiary alicyclic amines) is 1. The average Bonchev–Trinajstić information content (AvgIpc) is 3.17. The maximum atomic E-state index is 13.2. The largest absolute Gasteiger partial charge is 0.341 e. The minimum atomic E-state index is -0.204. The van der Waals surface area contributed by atoms with E-state index in [0.29, 0.717) is 13.1 Å². The van der Waals surface area contributed by atoms with Crippen molar-refractivity contribution in [3.63, 3.8) is 0 Å². The van der Waals surface area contributed by atoms with Crippen molar-refractivity contribution in [2.75, 3.05) is 19.6 Å². The number of carbonyl (C=O) groups excluding carboxylic acids is 1. The van der Waals surface area contributed by atoms with Gasteiger partial charge >= 0.3 is 0 Å². The third-order valence-corrected chi connectivity index (χ3v) is 5.46. The molecule has 6 nitrogen and oxygen atoms in total. The lowest BCUT2D eigenvalue weighted by Crippen LogP contribution is -2.32. The predicted octanol–water partition coefficient (Wildman–Crippen LogP) is 2.16. The van der Waals surface area contributed by atoms with Gasteiger partial charge in [0.1, 0.15) is 17.5 Å². The second-order valence-electron chi connectivity index (χ2n) is 7.14. The molecule has 26 heavy (non-hydrogen) atoms. The van der Waals surface area contributed by atoms with Crippen molar-refractivity contribution in [2.24, 2.45) is 0 Å². The molecule has 1 atom stereocenters. The summed E-state index contributed by atoms with van der Waals surface area (Å²) in [5.74, 6) is 1.89. The molecule has 1 aromatic heterocycles. The molecule has 1 amide bonds. The van der Waals surface area contributed by atoms with E-state index in [-0.39, 0.29) is 17.8 Å².